The maximum absolute atomic E-state index is 5.37. The lowest BCUT2D eigenvalue weighted by Gasteiger charge is -2.31. The van der Waals surface area contributed by atoms with Crippen molar-refractivity contribution in [3.8, 4) is 100 Å². The van der Waals surface area contributed by atoms with Gasteiger partial charge in [-0.2, -0.15) is 0 Å². The molecule has 11 aromatic carbocycles. The van der Waals surface area contributed by atoms with Gasteiger partial charge in [0.15, 0.2) is 0 Å². The molecule has 71 heavy (non-hydrogen) atoms. The Labute approximate surface area is 414 Å². The van der Waals surface area contributed by atoms with Gasteiger partial charge in [0.05, 0.1) is 16.8 Å². The van der Waals surface area contributed by atoms with Gasteiger partial charge in [-0.15, -0.1) is 0 Å². The van der Waals surface area contributed by atoms with Crippen LogP contribution in [0.5, 0.6) is 0 Å². The average Bonchev–Trinajstić information content (AvgIpc) is 3.92. The van der Waals surface area contributed by atoms with E-state index in [0.717, 1.165) is 44.8 Å². The number of pyridine rings is 1. The molecule has 0 bridgehead atoms. The van der Waals surface area contributed by atoms with E-state index in [1.165, 1.54) is 88.7 Å². The monoisotopic (exact) mass is 899 g/mol. The lowest BCUT2D eigenvalue weighted by atomic mass is 9.70. The first-order valence-electron chi connectivity index (χ1n) is 24.6. The van der Waals surface area contributed by atoms with Crippen LogP contribution in [-0.4, -0.2) is 4.98 Å². The predicted octanol–water partition coefficient (Wildman–Crippen LogP) is 18.2. The number of aromatic nitrogens is 1. The molecule has 1 heterocycles. The average molecular weight is 900 g/mol. The van der Waals surface area contributed by atoms with Crippen LogP contribution >= 0.6 is 0 Å². The van der Waals surface area contributed by atoms with Gasteiger partial charge in [0, 0.05) is 11.1 Å². The van der Waals surface area contributed by atoms with Crippen molar-refractivity contribution in [1.29, 1.82) is 0 Å². The smallest absolute Gasteiger partial charge is 0.0725 e. The molecule has 1 aromatic heterocycles. The zero-order valence-electron chi connectivity index (χ0n) is 38.9. The molecule has 0 amide bonds. The molecule has 0 radical (unpaired) electrons. The summed E-state index contributed by atoms with van der Waals surface area (Å²) in [5, 5.41) is 2.48. The minimum absolute atomic E-state index is 0.458. The summed E-state index contributed by atoms with van der Waals surface area (Å²) < 4.78 is 0. The summed E-state index contributed by atoms with van der Waals surface area (Å²) in [7, 11) is 0. The van der Waals surface area contributed by atoms with Gasteiger partial charge >= 0.3 is 0 Å². The van der Waals surface area contributed by atoms with E-state index in [1.807, 2.05) is 0 Å². The molecule has 12 aromatic rings. The van der Waals surface area contributed by atoms with Crippen LogP contribution in [0.15, 0.2) is 273 Å². The molecule has 2 aliphatic rings. The van der Waals surface area contributed by atoms with E-state index in [4.69, 9.17) is 4.98 Å². The Morgan fingerprint density at radius 2 is 0.634 bits per heavy atom. The largest absolute Gasteiger partial charge is 0.248 e. The minimum Gasteiger partial charge on any atom is -0.248 e. The number of hydrogen-bond donors (Lipinski definition) is 0. The highest BCUT2D eigenvalue weighted by molar-refractivity contribution is 6.04. The van der Waals surface area contributed by atoms with Gasteiger partial charge in [0.1, 0.15) is 0 Å². The van der Waals surface area contributed by atoms with Crippen molar-refractivity contribution in [2.75, 3.05) is 0 Å². The first-order valence-corrected chi connectivity index (χ1v) is 24.6. The minimum atomic E-state index is -0.458. The molecule has 1 spiro atoms. The highest BCUT2D eigenvalue weighted by Gasteiger charge is 2.51. The van der Waals surface area contributed by atoms with E-state index >= 15 is 0 Å². The summed E-state index contributed by atoms with van der Waals surface area (Å²) in [6.45, 7) is 0. The Bertz CT molecular complexity index is 4000. The SMILES string of the molecule is c1ccc(-c2cccc(-c3cc(-c4ccccc4)nc(-c4cccc(-c5cccc(-c6cc7c(cc6-c6cccc8ccccc68)-c6ccccc6C76c7ccccc7-c7ccccc76)c5)c4)c3)c2)cc1. The second-order valence-electron chi connectivity index (χ2n) is 19.0. The van der Waals surface area contributed by atoms with Gasteiger partial charge in [0.25, 0.3) is 0 Å². The maximum Gasteiger partial charge on any atom is 0.0725 e. The Hall–Kier alpha value is -9.17. The quantitative estimate of drug-likeness (QED) is 0.155. The Kier molecular flexibility index (Phi) is 9.50. The summed E-state index contributed by atoms with van der Waals surface area (Å²) in [4.78, 5) is 5.37. The molecular formula is C70H45N. The first kappa shape index (κ1) is 40.9. The second-order valence-corrected chi connectivity index (χ2v) is 19.0. The maximum atomic E-state index is 5.37. The third-order valence-corrected chi connectivity index (χ3v) is 15.1. The van der Waals surface area contributed by atoms with Crippen molar-refractivity contribution in [1.82, 2.24) is 4.98 Å². The number of fused-ring (bicyclic) bond motifs is 11. The van der Waals surface area contributed by atoms with Crippen molar-refractivity contribution in [2.45, 2.75) is 5.41 Å². The van der Waals surface area contributed by atoms with Gasteiger partial charge in [0.2, 0.25) is 0 Å². The van der Waals surface area contributed by atoms with Crippen LogP contribution < -0.4 is 0 Å². The van der Waals surface area contributed by atoms with Crippen molar-refractivity contribution in [3.63, 3.8) is 0 Å². The molecule has 0 N–H and O–H groups in total. The van der Waals surface area contributed by atoms with E-state index in [0.29, 0.717) is 0 Å². The summed E-state index contributed by atoms with van der Waals surface area (Å²) in [5.41, 5.74) is 26.0. The van der Waals surface area contributed by atoms with Crippen molar-refractivity contribution in [3.05, 3.63) is 295 Å². The molecule has 14 rings (SSSR count). The van der Waals surface area contributed by atoms with Crippen molar-refractivity contribution in [2.24, 2.45) is 0 Å². The molecule has 0 fully saturated rings. The van der Waals surface area contributed by atoms with E-state index in [9.17, 15) is 0 Å². The fourth-order valence-electron chi connectivity index (χ4n) is 11.9. The number of rotatable bonds is 7. The summed E-state index contributed by atoms with van der Waals surface area (Å²) in [6, 6.07) is 100. The Morgan fingerprint density at radius 3 is 1.30 bits per heavy atom. The molecule has 0 atom stereocenters. The van der Waals surface area contributed by atoms with Crippen LogP contribution in [0.25, 0.3) is 111 Å². The highest BCUT2D eigenvalue weighted by Crippen LogP contribution is 2.64. The molecule has 0 unspecified atom stereocenters. The first-order chi connectivity index (χ1) is 35.2. The molecule has 1 heteroatoms. The lowest BCUT2D eigenvalue weighted by Crippen LogP contribution is -2.25. The van der Waals surface area contributed by atoms with Crippen molar-refractivity contribution >= 4 is 10.8 Å². The molecule has 0 saturated carbocycles. The molecule has 1 nitrogen and oxygen atoms in total. The van der Waals surface area contributed by atoms with Gasteiger partial charge in [-0.3, -0.25) is 0 Å². The van der Waals surface area contributed by atoms with E-state index in [1.54, 1.807) is 0 Å². The van der Waals surface area contributed by atoms with Crippen molar-refractivity contribution < 1.29 is 0 Å². The van der Waals surface area contributed by atoms with E-state index in [-0.39, 0.29) is 0 Å². The zero-order chi connectivity index (χ0) is 46.9. The Balaban J connectivity index is 0.947. The van der Waals surface area contributed by atoms with Crippen LogP contribution in [-0.2, 0) is 5.41 Å². The van der Waals surface area contributed by atoms with E-state index in [2.05, 4.69) is 273 Å². The molecule has 0 aliphatic heterocycles. The zero-order valence-corrected chi connectivity index (χ0v) is 38.9. The fraction of sp³-hybridized carbons (Fsp3) is 0.0143. The normalized spacial score (nSPS) is 12.6. The third kappa shape index (κ3) is 6.58. The third-order valence-electron chi connectivity index (χ3n) is 15.1. The van der Waals surface area contributed by atoms with Gasteiger partial charge < -0.3 is 0 Å². The summed E-state index contributed by atoms with van der Waals surface area (Å²) in [5.74, 6) is 0. The number of nitrogens with zero attached hydrogens (tertiary/aromatic N) is 1. The summed E-state index contributed by atoms with van der Waals surface area (Å²) >= 11 is 0. The lowest BCUT2D eigenvalue weighted by molar-refractivity contribution is 0.794. The van der Waals surface area contributed by atoms with E-state index < -0.39 is 5.41 Å². The molecule has 2 aliphatic carbocycles. The topological polar surface area (TPSA) is 12.9 Å². The predicted molar refractivity (Wildman–Crippen MR) is 296 cm³/mol. The van der Waals surface area contributed by atoms with Gasteiger partial charge in [-0.25, -0.2) is 4.98 Å². The second kappa shape index (κ2) is 16.5. The van der Waals surface area contributed by atoms with Crippen LogP contribution in [0.1, 0.15) is 22.3 Å². The van der Waals surface area contributed by atoms with Gasteiger partial charge in [-0.1, -0.05) is 231 Å². The molecular weight excluding hydrogens is 855 g/mol. The number of hydrogen-bond acceptors (Lipinski definition) is 1. The molecule has 330 valence electrons. The van der Waals surface area contributed by atoms with Crippen LogP contribution in [0.2, 0.25) is 0 Å². The van der Waals surface area contributed by atoms with Crippen LogP contribution in [0.4, 0.5) is 0 Å². The fourth-order valence-corrected chi connectivity index (χ4v) is 11.9. The highest BCUT2D eigenvalue weighted by atomic mass is 14.7. The van der Waals surface area contributed by atoms with Crippen LogP contribution in [0.3, 0.4) is 0 Å². The Morgan fingerprint density at radius 1 is 0.211 bits per heavy atom. The molecule has 0 saturated heterocycles. The number of benzene rings is 11. The van der Waals surface area contributed by atoms with Crippen LogP contribution in [0, 0.1) is 0 Å². The summed E-state index contributed by atoms with van der Waals surface area (Å²) in [6.07, 6.45) is 0. The van der Waals surface area contributed by atoms with Gasteiger partial charge in [-0.05, 0) is 153 Å². The standard InChI is InChI=1S/C70H45N/c1-3-19-46(20-4-1)49-25-15-28-52(39-49)55-42-68(48-22-5-2-6-23-48)71-69(43-55)54-30-17-27-51(41-54)50-26-16-29-53(40-50)61-45-67-63(44-62(61)57-35-18-24-47-21-7-8-31-56(47)57)60-34-11-14-38-66(60)70(67)64-36-12-9-32-58(64)59-33-10-13-37-65(59)70/h1-45H.